The third-order valence-electron chi connectivity index (χ3n) is 5.65. The molecule has 0 bridgehead atoms. The summed E-state index contributed by atoms with van der Waals surface area (Å²) in [6, 6.07) is 14.4. The molecule has 0 fully saturated rings. The summed E-state index contributed by atoms with van der Waals surface area (Å²) in [5, 5.41) is 10.3. The number of allylic oxidation sites excluding steroid dienone is 1. The van der Waals surface area contributed by atoms with Crippen LogP contribution < -0.4 is 4.90 Å². The van der Waals surface area contributed by atoms with Crippen molar-refractivity contribution >= 4 is 28.9 Å². The van der Waals surface area contributed by atoms with Gasteiger partial charge in [0.25, 0.3) is 0 Å². The Bertz CT molecular complexity index is 934. The van der Waals surface area contributed by atoms with Gasteiger partial charge < -0.3 is 4.90 Å². The van der Waals surface area contributed by atoms with Gasteiger partial charge in [0.05, 0.1) is 11.6 Å². The molecule has 140 valence electrons. The van der Waals surface area contributed by atoms with Gasteiger partial charge in [0.2, 0.25) is 0 Å². The quantitative estimate of drug-likeness (QED) is 0.432. The molecule has 0 aliphatic carbocycles. The van der Waals surface area contributed by atoms with Crippen molar-refractivity contribution in [3.63, 3.8) is 0 Å². The maximum absolute atomic E-state index is 9.69. The topological polar surface area (TPSA) is 27.0 Å². The van der Waals surface area contributed by atoms with Crippen molar-refractivity contribution in [2.75, 3.05) is 11.4 Å². The van der Waals surface area contributed by atoms with E-state index in [-0.39, 0.29) is 5.54 Å². The molecule has 0 amide bonds. The van der Waals surface area contributed by atoms with Gasteiger partial charge in [-0.15, -0.1) is 0 Å². The van der Waals surface area contributed by atoms with E-state index in [9.17, 15) is 5.26 Å². The summed E-state index contributed by atoms with van der Waals surface area (Å²) < 4.78 is 0. The number of fused-ring (bicyclic) bond motifs is 1. The molecule has 0 radical (unpaired) electrons. The van der Waals surface area contributed by atoms with Crippen LogP contribution in [-0.2, 0) is 0 Å². The highest BCUT2D eigenvalue weighted by atomic mass is 35.5. The van der Waals surface area contributed by atoms with Crippen LogP contribution in [-0.4, -0.2) is 12.1 Å². The summed E-state index contributed by atoms with van der Waals surface area (Å²) in [7, 11) is 0. The van der Waals surface area contributed by atoms with E-state index in [4.69, 9.17) is 11.6 Å². The van der Waals surface area contributed by atoms with Crippen molar-refractivity contribution in [1.82, 2.24) is 0 Å². The zero-order chi connectivity index (χ0) is 19.8. The second kappa shape index (κ2) is 7.41. The van der Waals surface area contributed by atoms with E-state index in [0.717, 1.165) is 24.1 Å². The zero-order valence-corrected chi connectivity index (χ0v) is 17.6. The molecule has 0 spiro atoms. The SMILES string of the molecule is CCN1c2cc(C)c(/C=C(\C#N)c3cccc(Cl)c3)cc2C(C)CC1(C)C. The van der Waals surface area contributed by atoms with Gasteiger partial charge in [-0.1, -0.05) is 30.7 Å². The van der Waals surface area contributed by atoms with Crippen LogP contribution in [0.25, 0.3) is 11.6 Å². The lowest BCUT2D eigenvalue weighted by Gasteiger charge is -2.47. The number of halogens is 1. The molecular formula is C24H27ClN2. The second-order valence-corrected chi connectivity index (χ2v) is 8.55. The van der Waals surface area contributed by atoms with Gasteiger partial charge in [0.15, 0.2) is 0 Å². The molecule has 3 rings (SSSR count). The highest BCUT2D eigenvalue weighted by Gasteiger charge is 2.35. The van der Waals surface area contributed by atoms with Crippen molar-refractivity contribution in [2.45, 2.75) is 52.5 Å². The van der Waals surface area contributed by atoms with Crippen molar-refractivity contribution in [3.8, 4) is 6.07 Å². The average Bonchev–Trinajstić information content (AvgIpc) is 2.60. The molecule has 1 unspecified atom stereocenters. The molecule has 1 aliphatic heterocycles. The fraction of sp³-hybridized carbons (Fsp3) is 0.375. The minimum Gasteiger partial charge on any atom is -0.366 e. The molecule has 0 saturated heterocycles. The summed E-state index contributed by atoms with van der Waals surface area (Å²) >= 11 is 6.11. The molecule has 2 aromatic carbocycles. The van der Waals surface area contributed by atoms with E-state index >= 15 is 0 Å². The molecule has 0 saturated carbocycles. The van der Waals surface area contributed by atoms with Crippen LogP contribution in [0, 0.1) is 18.3 Å². The molecular weight excluding hydrogens is 352 g/mol. The summed E-state index contributed by atoms with van der Waals surface area (Å²) in [4.78, 5) is 2.50. The minimum atomic E-state index is 0.156. The summed E-state index contributed by atoms with van der Waals surface area (Å²) in [5.74, 6) is 0.488. The normalized spacial score (nSPS) is 18.8. The predicted molar refractivity (Wildman–Crippen MR) is 116 cm³/mol. The molecule has 27 heavy (non-hydrogen) atoms. The fourth-order valence-electron chi connectivity index (χ4n) is 4.40. The lowest BCUT2D eigenvalue weighted by atomic mass is 9.79. The Morgan fingerprint density at radius 2 is 2.07 bits per heavy atom. The number of anilines is 1. The van der Waals surface area contributed by atoms with Gasteiger partial charge in [0.1, 0.15) is 0 Å². The third-order valence-corrected chi connectivity index (χ3v) is 5.88. The number of nitrogens with zero attached hydrogens (tertiary/aromatic N) is 2. The Hall–Kier alpha value is -2.24. The molecule has 1 atom stereocenters. The second-order valence-electron chi connectivity index (χ2n) is 8.11. The molecule has 3 heteroatoms. The van der Waals surface area contributed by atoms with E-state index in [0.29, 0.717) is 16.5 Å². The molecule has 0 aromatic heterocycles. The average molecular weight is 379 g/mol. The minimum absolute atomic E-state index is 0.156. The standard InChI is InChI=1S/C24H27ClN2/c1-6-27-23-10-16(2)19(13-22(23)17(3)14-24(27,4)5)11-20(15-26)18-8-7-9-21(25)12-18/h7-13,17H,6,14H2,1-5H3/b20-11+. The molecule has 0 N–H and O–H groups in total. The monoisotopic (exact) mass is 378 g/mol. The highest BCUT2D eigenvalue weighted by molar-refractivity contribution is 6.30. The van der Waals surface area contributed by atoms with Gasteiger partial charge in [0, 0.05) is 22.8 Å². The van der Waals surface area contributed by atoms with Crippen LogP contribution in [0.1, 0.15) is 62.3 Å². The van der Waals surface area contributed by atoms with Gasteiger partial charge in [-0.05, 0) is 92.6 Å². The van der Waals surface area contributed by atoms with Gasteiger partial charge in [-0.25, -0.2) is 0 Å². The van der Waals surface area contributed by atoms with E-state index in [2.05, 4.69) is 57.7 Å². The molecule has 2 aromatic rings. The van der Waals surface area contributed by atoms with Crippen molar-refractivity contribution in [3.05, 3.63) is 63.7 Å². The maximum atomic E-state index is 9.69. The first-order chi connectivity index (χ1) is 12.8. The smallest absolute Gasteiger partial charge is 0.0998 e. The van der Waals surface area contributed by atoms with E-state index < -0.39 is 0 Å². The van der Waals surface area contributed by atoms with Gasteiger partial charge in [-0.2, -0.15) is 5.26 Å². The predicted octanol–water partition coefficient (Wildman–Crippen LogP) is 6.82. The number of hydrogen-bond donors (Lipinski definition) is 0. The lowest BCUT2D eigenvalue weighted by Crippen LogP contribution is -2.48. The van der Waals surface area contributed by atoms with Crippen molar-refractivity contribution in [1.29, 1.82) is 5.26 Å². The number of aryl methyl sites for hydroxylation is 1. The lowest BCUT2D eigenvalue weighted by molar-refractivity contribution is 0.381. The Kier molecular flexibility index (Phi) is 5.36. The number of hydrogen-bond acceptors (Lipinski definition) is 2. The first-order valence-electron chi connectivity index (χ1n) is 9.56. The highest BCUT2D eigenvalue weighted by Crippen LogP contribution is 2.44. The number of benzene rings is 2. The van der Waals surface area contributed by atoms with Crippen LogP contribution in [0.4, 0.5) is 5.69 Å². The number of nitriles is 1. The maximum Gasteiger partial charge on any atom is 0.0998 e. The first kappa shape index (κ1) is 19.5. The fourth-order valence-corrected chi connectivity index (χ4v) is 4.59. The largest absolute Gasteiger partial charge is 0.366 e. The van der Waals surface area contributed by atoms with Crippen molar-refractivity contribution in [2.24, 2.45) is 0 Å². The van der Waals surface area contributed by atoms with Crippen LogP contribution in [0.15, 0.2) is 36.4 Å². The van der Waals surface area contributed by atoms with E-state index in [1.807, 2.05) is 30.3 Å². The Morgan fingerprint density at radius 1 is 1.33 bits per heavy atom. The van der Waals surface area contributed by atoms with E-state index in [1.165, 1.54) is 16.8 Å². The molecule has 1 aliphatic rings. The molecule has 2 nitrogen and oxygen atoms in total. The Balaban J connectivity index is 2.11. The Morgan fingerprint density at radius 3 is 2.70 bits per heavy atom. The van der Waals surface area contributed by atoms with Crippen LogP contribution in [0.3, 0.4) is 0 Å². The number of rotatable bonds is 3. The first-order valence-corrected chi connectivity index (χ1v) is 9.94. The Labute approximate surface area is 168 Å². The summed E-state index contributed by atoms with van der Waals surface area (Å²) in [6.45, 7) is 12.3. The third kappa shape index (κ3) is 3.75. The van der Waals surface area contributed by atoms with Crippen LogP contribution in [0.2, 0.25) is 5.02 Å². The summed E-state index contributed by atoms with van der Waals surface area (Å²) in [5.41, 5.74) is 6.64. The van der Waals surface area contributed by atoms with Crippen LogP contribution >= 0.6 is 11.6 Å². The molecule has 1 heterocycles. The zero-order valence-electron chi connectivity index (χ0n) is 16.8. The van der Waals surface area contributed by atoms with Crippen molar-refractivity contribution < 1.29 is 0 Å². The summed E-state index contributed by atoms with van der Waals surface area (Å²) in [6.07, 6.45) is 3.11. The van der Waals surface area contributed by atoms with Gasteiger partial charge >= 0.3 is 0 Å². The van der Waals surface area contributed by atoms with E-state index in [1.54, 1.807) is 0 Å². The van der Waals surface area contributed by atoms with Gasteiger partial charge in [-0.3, -0.25) is 0 Å². The van der Waals surface area contributed by atoms with Crippen LogP contribution in [0.5, 0.6) is 0 Å².